The van der Waals surface area contributed by atoms with E-state index in [2.05, 4.69) is 0 Å². The lowest BCUT2D eigenvalue weighted by Gasteiger charge is -2.17. The zero-order chi connectivity index (χ0) is 24.6. The smallest absolute Gasteiger partial charge is 0.338 e. The number of carbonyl (C=O) groups is 1. The van der Waals surface area contributed by atoms with Gasteiger partial charge in [0.15, 0.2) is 11.5 Å². The van der Waals surface area contributed by atoms with Crippen LogP contribution in [0.15, 0.2) is 24.3 Å². The molecule has 2 N–H and O–H groups in total. The van der Waals surface area contributed by atoms with E-state index in [-0.39, 0.29) is 24.4 Å². The molecule has 0 saturated carbocycles. The predicted octanol–water partition coefficient (Wildman–Crippen LogP) is 5.48. The minimum atomic E-state index is -3.85. The van der Waals surface area contributed by atoms with Gasteiger partial charge in [0.1, 0.15) is 0 Å². The van der Waals surface area contributed by atoms with Crippen LogP contribution in [0.4, 0.5) is 22.0 Å². The van der Waals surface area contributed by atoms with Gasteiger partial charge in [0, 0.05) is 0 Å². The van der Waals surface area contributed by atoms with Crippen molar-refractivity contribution in [2.45, 2.75) is 32.0 Å². The number of hydrogen-bond acceptors (Lipinski definition) is 6. The Labute approximate surface area is 186 Å². The molecular weight excluding hydrogens is 472 g/mol. The van der Waals surface area contributed by atoms with Crippen molar-refractivity contribution < 1.29 is 45.3 Å². The van der Waals surface area contributed by atoms with Gasteiger partial charge >= 0.3 is 5.97 Å². The molecule has 1 saturated heterocycles. The third-order valence-corrected chi connectivity index (χ3v) is 7.97. The Morgan fingerprint density at radius 3 is 2.06 bits per heavy atom. The number of para-hydroxylation sites is 2. The molecule has 33 heavy (non-hydrogen) atoms. The lowest BCUT2D eigenvalue weighted by molar-refractivity contribution is -0.146. The monoisotopic (exact) mass is 493 g/mol. The van der Waals surface area contributed by atoms with Crippen molar-refractivity contribution >= 4 is 13.3 Å². The highest BCUT2D eigenvalue weighted by Crippen LogP contribution is 2.73. The van der Waals surface area contributed by atoms with Crippen LogP contribution in [0.2, 0.25) is 0 Å². The Hall–Kier alpha value is -2.65. The van der Waals surface area contributed by atoms with Crippen LogP contribution in [0, 0.1) is 35.0 Å². The van der Waals surface area contributed by atoms with Crippen LogP contribution >= 0.6 is 7.37 Å². The highest BCUT2D eigenvalue weighted by molar-refractivity contribution is 7.70. The molecule has 0 aliphatic carbocycles. The predicted molar refractivity (Wildman–Crippen MR) is 108 cm³/mol. The van der Waals surface area contributed by atoms with Crippen LogP contribution in [0.5, 0.6) is 17.2 Å². The molecule has 1 fully saturated rings. The Bertz CT molecular complexity index is 1100. The molecule has 0 bridgehead atoms. The van der Waals surface area contributed by atoms with E-state index in [4.69, 9.17) is 19.7 Å². The van der Waals surface area contributed by atoms with Gasteiger partial charge in [0.25, 0.3) is 7.37 Å². The summed E-state index contributed by atoms with van der Waals surface area (Å²) in [6.07, 6.45) is 1.16. The molecule has 1 aliphatic rings. The number of rotatable bonds is 9. The lowest BCUT2D eigenvalue weighted by atomic mass is 10.1. The molecular formula is C21H21F5NO5P. The minimum Gasteiger partial charge on any atom is -0.464 e. The lowest BCUT2D eigenvalue weighted by Crippen LogP contribution is -2.37. The Kier molecular flexibility index (Phi) is 7.04. The summed E-state index contributed by atoms with van der Waals surface area (Å²) in [4.78, 5) is 12.4. The summed E-state index contributed by atoms with van der Waals surface area (Å²) < 4.78 is 96.7. The first-order chi connectivity index (χ1) is 15.5. The molecule has 2 aromatic rings. The molecule has 2 atom stereocenters. The van der Waals surface area contributed by atoms with E-state index in [1.54, 1.807) is 0 Å². The second-order valence-electron chi connectivity index (χ2n) is 7.58. The molecule has 1 unspecified atom stereocenters. The second kappa shape index (κ2) is 9.30. The number of hydrogen-bond donors (Lipinski definition) is 1. The van der Waals surface area contributed by atoms with Crippen LogP contribution in [0.3, 0.4) is 0 Å². The van der Waals surface area contributed by atoms with Crippen LogP contribution in [0.1, 0.15) is 26.7 Å². The van der Waals surface area contributed by atoms with E-state index in [1.165, 1.54) is 18.2 Å². The highest BCUT2D eigenvalue weighted by atomic mass is 31.2. The third kappa shape index (κ3) is 4.56. The molecule has 2 aromatic carbocycles. The van der Waals surface area contributed by atoms with Gasteiger partial charge in [-0.25, -0.2) is 18.0 Å². The van der Waals surface area contributed by atoms with Crippen molar-refractivity contribution in [1.82, 2.24) is 0 Å². The van der Waals surface area contributed by atoms with Crippen LogP contribution in [-0.4, -0.2) is 24.0 Å². The van der Waals surface area contributed by atoms with Gasteiger partial charge in [0.2, 0.25) is 40.1 Å². The first kappa shape index (κ1) is 25.0. The Balaban J connectivity index is 1.82. The van der Waals surface area contributed by atoms with Crippen LogP contribution in [0.25, 0.3) is 0 Å². The molecule has 180 valence electrons. The van der Waals surface area contributed by atoms with E-state index < -0.39 is 59.2 Å². The first-order valence-corrected chi connectivity index (χ1v) is 11.8. The molecule has 6 nitrogen and oxygen atoms in total. The van der Waals surface area contributed by atoms with Crippen LogP contribution in [-0.2, 0) is 14.1 Å². The third-order valence-electron chi connectivity index (χ3n) is 5.39. The summed E-state index contributed by atoms with van der Waals surface area (Å²) >= 11 is 0. The van der Waals surface area contributed by atoms with Gasteiger partial charge in [-0.2, -0.15) is 8.78 Å². The standard InChI is InChI=1S/C21H21F5NO5P/c1-3-11(4-2)9-30-20(28)21(27)10-33(21,29)32-13-8-6-5-7-12(13)31-19-17(25)15(23)14(22)16(24)18(19)26/h5-8,11H,3-4,9-10,27H2,1-2H3/t21-,33?/m1/s1. The number of carbonyl (C=O) groups excluding carboxylic acids is 1. The van der Waals surface area contributed by atoms with Gasteiger partial charge in [0.05, 0.1) is 12.8 Å². The van der Waals surface area contributed by atoms with Gasteiger partial charge < -0.3 is 19.7 Å². The summed E-state index contributed by atoms with van der Waals surface area (Å²) in [6, 6.07) is 4.96. The summed E-state index contributed by atoms with van der Waals surface area (Å²) in [6.45, 7) is 3.93. The molecule has 1 aliphatic heterocycles. The maximum absolute atomic E-state index is 14.0. The zero-order valence-corrected chi connectivity index (χ0v) is 18.6. The highest BCUT2D eigenvalue weighted by Gasteiger charge is 2.72. The molecule has 3 rings (SSSR count). The average Bonchev–Trinajstić information content (AvgIpc) is 3.36. The van der Waals surface area contributed by atoms with E-state index in [0.717, 1.165) is 18.9 Å². The van der Waals surface area contributed by atoms with Crippen molar-refractivity contribution in [3.63, 3.8) is 0 Å². The number of nitrogens with two attached hydrogens (primary N) is 1. The average molecular weight is 493 g/mol. The van der Waals surface area contributed by atoms with E-state index in [0.29, 0.717) is 0 Å². The summed E-state index contributed by atoms with van der Waals surface area (Å²) in [5.74, 6) is -14.4. The van der Waals surface area contributed by atoms with Crippen molar-refractivity contribution in [1.29, 1.82) is 0 Å². The molecule has 12 heteroatoms. The fraction of sp³-hybridized carbons (Fsp3) is 0.381. The largest absolute Gasteiger partial charge is 0.464 e. The first-order valence-electron chi connectivity index (χ1n) is 10.0. The molecule has 0 amide bonds. The van der Waals surface area contributed by atoms with E-state index in [1.807, 2.05) is 13.8 Å². The van der Waals surface area contributed by atoms with Gasteiger partial charge in [-0.05, 0) is 18.1 Å². The molecule has 1 heterocycles. The maximum atomic E-state index is 14.0. The van der Waals surface area contributed by atoms with Gasteiger partial charge in [-0.15, -0.1) is 0 Å². The molecule has 0 radical (unpaired) electrons. The Morgan fingerprint density at radius 1 is 1.00 bits per heavy atom. The number of esters is 1. The Morgan fingerprint density at radius 2 is 1.52 bits per heavy atom. The zero-order valence-electron chi connectivity index (χ0n) is 17.7. The van der Waals surface area contributed by atoms with E-state index in [9.17, 15) is 31.3 Å². The summed E-state index contributed by atoms with van der Waals surface area (Å²) in [5, 5.41) is -1.92. The van der Waals surface area contributed by atoms with Crippen molar-refractivity contribution in [2.24, 2.45) is 11.7 Å². The van der Waals surface area contributed by atoms with Gasteiger partial charge in [-0.3, -0.25) is 4.57 Å². The SMILES string of the molecule is CCC(CC)COC(=O)[C@@]1(N)CP1(=O)Oc1ccccc1Oc1c(F)c(F)c(F)c(F)c1F. The number of benzene rings is 2. The number of ether oxygens (including phenoxy) is 2. The van der Waals surface area contributed by atoms with Crippen molar-refractivity contribution in [3.8, 4) is 17.2 Å². The normalized spacial score (nSPS) is 21.7. The molecule has 0 aromatic heterocycles. The summed E-state index contributed by atoms with van der Waals surface area (Å²) in [7, 11) is -3.85. The van der Waals surface area contributed by atoms with Gasteiger partial charge in [-0.1, -0.05) is 38.8 Å². The van der Waals surface area contributed by atoms with Crippen molar-refractivity contribution in [2.75, 3.05) is 12.8 Å². The van der Waals surface area contributed by atoms with Crippen molar-refractivity contribution in [3.05, 3.63) is 53.4 Å². The second-order valence-corrected chi connectivity index (χ2v) is 10.2. The summed E-state index contributed by atoms with van der Waals surface area (Å²) in [5.41, 5.74) is 5.93. The van der Waals surface area contributed by atoms with E-state index >= 15 is 0 Å². The maximum Gasteiger partial charge on any atom is 0.338 e. The number of halogens is 5. The topological polar surface area (TPSA) is 87.9 Å². The fourth-order valence-corrected chi connectivity index (χ4v) is 5.07. The molecule has 0 spiro atoms. The quantitative estimate of drug-likeness (QED) is 0.164. The minimum absolute atomic E-state index is 0.0880. The fourth-order valence-electron chi connectivity index (χ4n) is 3.00. The van der Waals surface area contributed by atoms with Crippen LogP contribution < -0.4 is 15.0 Å².